The van der Waals surface area contributed by atoms with E-state index in [0.29, 0.717) is 46.9 Å². The predicted molar refractivity (Wildman–Crippen MR) is 128 cm³/mol. The Morgan fingerprint density at radius 1 is 1.31 bits per heavy atom. The highest BCUT2D eigenvalue weighted by molar-refractivity contribution is 5.96. The summed E-state index contributed by atoms with van der Waals surface area (Å²) in [5, 5.41) is 10.2. The number of amides is 1. The van der Waals surface area contributed by atoms with Crippen LogP contribution in [0.1, 0.15) is 30.5 Å². The number of anilines is 2. The number of fused-ring (bicyclic) bond motifs is 3. The van der Waals surface area contributed by atoms with Crippen LogP contribution in [0.3, 0.4) is 0 Å². The molecule has 1 aromatic heterocycles. The number of carbonyl (C=O) groups excluding carboxylic acids is 1. The fraction of sp³-hybridized carbons (Fsp3) is 0.333. The minimum atomic E-state index is -4.63. The molecule has 4 N–H and O–H groups in total. The highest BCUT2D eigenvalue weighted by atomic mass is 19.4. The van der Waals surface area contributed by atoms with E-state index in [1.165, 1.54) is 23.0 Å². The standard InChI is InChI=1S/C24H23F4N7O/c1-2-31-17-8-14(25)7-15-20-22(35-4-3-18(34-35)24(26,27)28)16(11-32-23(20)33-21(15)17)13-5-12(6-19(29)36)9-30-10-13/h3-5,7-9,11,13,20,23,31,33H,2,6,10H2,1H3,(H2,29,36). The molecule has 1 aromatic carbocycles. The monoisotopic (exact) mass is 501 g/mol. The van der Waals surface area contributed by atoms with E-state index < -0.39 is 41.6 Å². The van der Waals surface area contributed by atoms with Crippen LogP contribution in [0.4, 0.5) is 28.9 Å². The van der Waals surface area contributed by atoms with Gasteiger partial charge in [0.05, 0.1) is 29.4 Å². The number of rotatable bonds is 6. The summed E-state index contributed by atoms with van der Waals surface area (Å²) in [5.41, 5.74) is 7.64. The topological polar surface area (TPSA) is 110 Å². The van der Waals surface area contributed by atoms with Gasteiger partial charge in [0.15, 0.2) is 5.69 Å². The van der Waals surface area contributed by atoms with Crippen LogP contribution in [-0.2, 0) is 11.0 Å². The van der Waals surface area contributed by atoms with E-state index in [2.05, 4.69) is 25.7 Å². The number of alkyl halides is 3. The Labute approximate surface area is 203 Å². The van der Waals surface area contributed by atoms with Crippen molar-refractivity contribution in [3.8, 4) is 0 Å². The van der Waals surface area contributed by atoms with Gasteiger partial charge in [-0.2, -0.15) is 18.3 Å². The van der Waals surface area contributed by atoms with Crippen LogP contribution in [0.5, 0.6) is 0 Å². The summed E-state index contributed by atoms with van der Waals surface area (Å²) in [4.78, 5) is 20.4. The largest absolute Gasteiger partial charge is 0.435 e. The van der Waals surface area contributed by atoms with Gasteiger partial charge in [-0.3, -0.25) is 14.8 Å². The van der Waals surface area contributed by atoms with Crippen LogP contribution >= 0.6 is 0 Å². The molecule has 0 fully saturated rings. The third kappa shape index (κ3) is 4.27. The third-order valence-corrected chi connectivity index (χ3v) is 6.29. The Bertz CT molecular complexity index is 1340. The van der Waals surface area contributed by atoms with Gasteiger partial charge in [0.1, 0.15) is 12.0 Å². The molecule has 0 saturated carbocycles. The maximum atomic E-state index is 14.7. The van der Waals surface area contributed by atoms with E-state index in [0.717, 1.165) is 6.07 Å². The third-order valence-electron chi connectivity index (χ3n) is 6.29. The van der Waals surface area contributed by atoms with Gasteiger partial charge in [-0.25, -0.2) is 9.07 Å². The number of carbonyl (C=O) groups is 1. The number of hydrogen-bond acceptors (Lipinski definition) is 6. The first-order valence-corrected chi connectivity index (χ1v) is 11.4. The Morgan fingerprint density at radius 2 is 2.11 bits per heavy atom. The molecule has 4 heterocycles. The lowest BCUT2D eigenvalue weighted by Gasteiger charge is -2.30. The molecule has 3 unspecified atom stereocenters. The molecule has 0 aliphatic carbocycles. The van der Waals surface area contributed by atoms with Crippen molar-refractivity contribution in [2.45, 2.75) is 31.6 Å². The van der Waals surface area contributed by atoms with Gasteiger partial charge < -0.3 is 16.4 Å². The first-order chi connectivity index (χ1) is 17.2. The summed E-state index contributed by atoms with van der Waals surface area (Å²) in [6.07, 6.45) is 0.991. The van der Waals surface area contributed by atoms with Gasteiger partial charge in [0.25, 0.3) is 0 Å². The van der Waals surface area contributed by atoms with Crippen molar-refractivity contribution in [2.75, 3.05) is 23.7 Å². The second-order valence-electron chi connectivity index (χ2n) is 8.76. The van der Waals surface area contributed by atoms with Crippen LogP contribution in [0, 0.1) is 11.7 Å². The van der Waals surface area contributed by atoms with Crippen LogP contribution in [0.25, 0.3) is 5.70 Å². The summed E-state index contributed by atoms with van der Waals surface area (Å²) < 4.78 is 56.1. The molecule has 5 rings (SSSR count). The molecular formula is C24H23F4N7O. The molecule has 12 heteroatoms. The van der Waals surface area contributed by atoms with Crippen LogP contribution in [-0.4, -0.2) is 47.4 Å². The van der Waals surface area contributed by atoms with Gasteiger partial charge in [-0.05, 0) is 36.3 Å². The molecular weight excluding hydrogens is 478 g/mol. The Morgan fingerprint density at radius 3 is 2.81 bits per heavy atom. The smallest absolute Gasteiger partial charge is 0.384 e. The number of primary amides is 1. The van der Waals surface area contributed by atoms with Crippen molar-refractivity contribution in [3.05, 3.63) is 58.7 Å². The zero-order chi connectivity index (χ0) is 25.6. The molecule has 0 radical (unpaired) electrons. The Hall–Kier alpha value is -3.96. The zero-order valence-corrected chi connectivity index (χ0v) is 19.2. The fourth-order valence-electron chi connectivity index (χ4n) is 4.89. The molecule has 3 aliphatic heterocycles. The van der Waals surface area contributed by atoms with Crippen molar-refractivity contribution in [1.82, 2.24) is 9.78 Å². The first kappa shape index (κ1) is 23.8. The zero-order valence-electron chi connectivity index (χ0n) is 19.2. The molecule has 8 nitrogen and oxygen atoms in total. The maximum Gasteiger partial charge on any atom is 0.435 e. The summed E-state index contributed by atoms with van der Waals surface area (Å²) in [7, 11) is 0. The van der Waals surface area contributed by atoms with Gasteiger partial charge >= 0.3 is 6.18 Å². The van der Waals surface area contributed by atoms with Crippen LogP contribution in [0.2, 0.25) is 0 Å². The van der Waals surface area contributed by atoms with Crippen LogP contribution in [0.15, 0.2) is 51.6 Å². The lowest BCUT2D eigenvalue weighted by Crippen LogP contribution is -2.29. The van der Waals surface area contributed by atoms with Crippen molar-refractivity contribution in [3.63, 3.8) is 0 Å². The lowest BCUT2D eigenvalue weighted by atomic mass is 9.84. The van der Waals surface area contributed by atoms with Crippen molar-refractivity contribution < 1.29 is 22.4 Å². The molecule has 188 valence electrons. The SMILES string of the molecule is CCNc1cc(F)cc2c1NC1N=CC(C3C=C(CC(N)=O)C=NC3)=C(n3ccc(C(F)(F)F)n3)C21. The number of nitrogens with one attached hydrogen (secondary N) is 2. The molecule has 36 heavy (non-hydrogen) atoms. The van der Waals surface area contributed by atoms with Crippen LogP contribution < -0.4 is 16.4 Å². The summed E-state index contributed by atoms with van der Waals surface area (Å²) >= 11 is 0. The van der Waals surface area contributed by atoms with Gasteiger partial charge in [0.2, 0.25) is 5.91 Å². The quantitative estimate of drug-likeness (QED) is 0.523. The fourth-order valence-corrected chi connectivity index (χ4v) is 4.89. The normalized spacial score (nSPS) is 22.7. The Balaban J connectivity index is 1.68. The van der Waals surface area contributed by atoms with E-state index in [9.17, 15) is 22.4 Å². The minimum Gasteiger partial charge on any atom is -0.384 e. The highest BCUT2D eigenvalue weighted by Crippen LogP contribution is 2.49. The number of nitrogens with two attached hydrogens (primary N) is 1. The number of halogens is 4. The van der Waals surface area contributed by atoms with E-state index in [1.54, 1.807) is 12.4 Å². The van der Waals surface area contributed by atoms with E-state index in [-0.39, 0.29) is 6.42 Å². The molecule has 1 amide bonds. The van der Waals surface area contributed by atoms with Crippen molar-refractivity contribution in [1.29, 1.82) is 0 Å². The van der Waals surface area contributed by atoms with E-state index in [4.69, 9.17) is 5.73 Å². The van der Waals surface area contributed by atoms with Gasteiger partial charge in [-0.1, -0.05) is 6.08 Å². The molecule has 0 saturated heterocycles. The summed E-state index contributed by atoms with van der Waals surface area (Å²) in [6.45, 7) is 2.72. The van der Waals surface area contributed by atoms with Gasteiger partial charge in [-0.15, -0.1) is 0 Å². The molecule has 3 aliphatic rings. The van der Waals surface area contributed by atoms with E-state index >= 15 is 0 Å². The Kier molecular flexibility index (Phi) is 5.89. The summed E-state index contributed by atoms with van der Waals surface area (Å²) in [6, 6.07) is 3.64. The second kappa shape index (κ2) is 8.92. The number of dihydropyridines is 2. The molecule has 3 atom stereocenters. The number of hydrogen-bond donors (Lipinski definition) is 3. The van der Waals surface area contributed by atoms with E-state index in [1.807, 2.05) is 13.0 Å². The predicted octanol–water partition coefficient (Wildman–Crippen LogP) is 3.81. The summed E-state index contributed by atoms with van der Waals surface area (Å²) in [5.74, 6) is -2.02. The minimum absolute atomic E-state index is 0.0204. The number of nitrogens with zero attached hydrogens (tertiary/aromatic N) is 4. The van der Waals surface area contributed by atoms with Crippen molar-refractivity contribution in [2.24, 2.45) is 21.6 Å². The number of aliphatic imine (C=N–C) groups is 2. The lowest BCUT2D eigenvalue weighted by molar-refractivity contribution is -0.141. The van der Waals surface area contributed by atoms with Gasteiger partial charge in [0, 0.05) is 43.2 Å². The number of aromatic nitrogens is 2. The van der Waals surface area contributed by atoms with Crippen molar-refractivity contribution >= 4 is 35.4 Å². The molecule has 2 aromatic rings. The maximum absolute atomic E-state index is 14.7. The molecule has 0 bridgehead atoms. The molecule has 0 spiro atoms. The highest BCUT2D eigenvalue weighted by Gasteiger charge is 2.43. The first-order valence-electron chi connectivity index (χ1n) is 11.4. The second-order valence-corrected chi connectivity index (χ2v) is 8.76. The number of benzene rings is 1. The average molecular weight is 501 g/mol. The average Bonchev–Trinajstić information content (AvgIpc) is 3.44.